The number of hydrogen-bond acceptors (Lipinski definition) is 5. The van der Waals surface area contributed by atoms with Gasteiger partial charge in [0.15, 0.2) is 6.61 Å². The highest BCUT2D eigenvalue weighted by molar-refractivity contribution is 8.13. The minimum Gasteiger partial charge on any atom is -0.484 e. The zero-order valence-corrected chi connectivity index (χ0v) is 18.6. The molecule has 1 heterocycles. The van der Waals surface area contributed by atoms with E-state index in [-0.39, 0.29) is 29.6 Å². The van der Waals surface area contributed by atoms with Crippen LogP contribution in [-0.4, -0.2) is 60.6 Å². The van der Waals surface area contributed by atoms with Gasteiger partial charge in [-0.1, -0.05) is 30.3 Å². The fraction of sp³-hybridized carbons (Fsp3) is 0.348. The van der Waals surface area contributed by atoms with E-state index < -0.39 is 0 Å². The minimum atomic E-state index is -0.179. The quantitative estimate of drug-likeness (QED) is 0.692. The third kappa shape index (κ3) is 6.49. The number of carbonyl (C=O) groups excluding carboxylic acids is 3. The van der Waals surface area contributed by atoms with Crippen LogP contribution in [-0.2, 0) is 9.59 Å². The van der Waals surface area contributed by atoms with Crippen molar-refractivity contribution in [1.29, 1.82) is 0 Å². The monoisotopic (exact) mass is 441 g/mol. The Hall–Kier alpha value is -3.00. The molecule has 1 aliphatic heterocycles. The molecule has 0 radical (unpaired) electrons. The summed E-state index contributed by atoms with van der Waals surface area (Å²) in [6.07, 6.45) is 1.18. The van der Waals surface area contributed by atoms with Gasteiger partial charge in [0.1, 0.15) is 5.75 Å². The summed E-state index contributed by atoms with van der Waals surface area (Å²) >= 11 is 1.08. The molecule has 0 bridgehead atoms. The second-order valence-corrected chi connectivity index (χ2v) is 8.50. The Labute approximate surface area is 186 Å². The second-order valence-electron chi connectivity index (χ2n) is 7.50. The van der Waals surface area contributed by atoms with E-state index in [1.165, 1.54) is 4.90 Å². The molecule has 2 aromatic rings. The van der Waals surface area contributed by atoms with Gasteiger partial charge in [-0.15, -0.1) is 0 Å². The number of nitrogens with one attached hydrogen (secondary N) is 1. The van der Waals surface area contributed by atoms with Crippen LogP contribution < -0.4 is 10.1 Å². The average Bonchev–Trinajstić information content (AvgIpc) is 2.79. The maximum atomic E-state index is 12.8. The number of piperidine rings is 1. The number of para-hydroxylation sites is 2. The highest BCUT2D eigenvalue weighted by Gasteiger charge is 2.28. The van der Waals surface area contributed by atoms with Crippen LogP contribution in [0.25, 0.3) is 0 Å². The summed E-state index contributed by atoms with van der Waals surface area (Å²) in [5.41, 5.74) is 0.627. The fourth-order valence-electron chi connectivity index (χ4n) is 3.22. The Morgan fingerprint density at radius 2 is 1.68 bits per heavy atom. The number of nitrogens with zero attached hydrogens (tertiary/aromatic N) is 2. The minimum absolute atomic E-state index is 0.00855. The molecule has 1 fully saturated rings. The van der Waals surface area contributed by atoms with Gasteiger partial charge in [-0.3, -0.25) is 14.4 Å². The van der Waals surface area contributed by atoms with Crippen LogP contribution in [0.1, 0.15) is 12.8 Å². The Kier molecular flexibility index (Phi) is 7.94. The predicted octanol–water partition coefficient (Wildman–Crippen LogP) is 3.72. The molecule has 0 spiro atoms. The van der Waals surface area contributed by atoms with Gasteiger partial charge in [0.05, 0.1) is 5.69 Å². The Balaban J connectivity index is 1.49. The molecule has 7 nitrogen and oxygen atoms in total. The van der Waals surface area contributed by atoms with Crippen LogP contribution in [0.3, 0.4) is 0 Å². The van der Waals surface area contributed by atoms with Crippen molar-refractivity contribution in [3.05, 3.63) is 54.6 Å². The van der Waals surface area contributed by atoms with Crippen LogP contribution in [0.5, 0.6) is 5.75 Å². The largest absolute Gasteiger partial charge is 0.484 e. The summed E-state index contributed by atoms with van der Waals surface area (Å²) in [6, 6.07) is 16.5. The lowest BCUT2D eigenvalue weighted by atomic mass is 9.95. The van der Waals surface area contributed by atoms with Crippen molar-refractivity contribution in [2.45, 2.75) is 17.7 Å². The number of ether oxygens (including phenoxy) is 1. The molecule has 0 unspecified atom stereocenters. The summed E-state index contributed by atoms with van der Waals surface area (Å²) in [5.74, 6) is 0.320. The summed E-state index contributed by atoms with van der Waals surface area (Å²) < 4.78 is 5.53. The number of rotatable bonds is 6. The molecule has 1 N–H and O–H groups in total. The molecule has 0 aliphatic carbocycles. The van der Waals surface area contributed by atoms with Crippen LogP contribution in [0, 0.1) is 5.92 Å². The van der Waals surface area contributed by atoms with Gasteiger partial charge in [0.25, 0.3) is 11.1 Å². The van der Waals surface area contributed by atoms with Crippen molar-refractivity contribution in [3.8, 4) is 5.75 Å². The van der Waals surface area contributed by atoms with Crippen molar-refractivity contribution < 1.29 is 19.1 Å². The third-order valence-corrected chi connectivity index (χ3v) is 6.15. The molecule has 0 saturated carbocycles. The van der Waals surface area contributed by atoms with Crippen molar-refractivity contribution in [1.82, 2.24) is 9.80 Å². The summed E-state index contributed by atoms with van der Waals surface area (Å²) in [6.45, 7) is 1.03. The molecule has 3 amide bonds. The molecule has 0 atom stereocenters. The van der Waals surface area contributed by atoms with Crippen LogP contribution in [0.4, 0.5) is 10.5 Å². The van der Waals surface area contributed by atoms with Crippen molar-refractivity contribution in [2.75, 3.05) is 39.1 Å². The van der Waals surface area contributed by atoms with Gasteiger partial charge in [-0.25, -0.2) is 0 Å². The number of anilines is 1. The van der Waals surface area contributed by atoms with Gasteiger partial charge < -0.3 is 19.9 Å². The van der Waals surface area contributed by atoms with Gasteiger partial charge in [-0.05, 0) is 48.9 Å². The SMILES string of the molecule is CN(C)C(=O)Sc1ccccc1NC(=O)C1CCN(C(=O)COc2ccccc2)CC1. The van der Waals surface area contributed by atoms with Crippen LogP contribution >= 0.6 is 11.8 Å². The smallest absolute Gasteiger partial charge is 0.286 e. The maximum absolute atomic E-state index is 12.8. The number of benzene rings is 2. The number of hydrogen-bond donors (Lipinski definition) is 1. The van der Waals surface area contributed by atoms with E-state index in [2.05, 4.69) is 5.32 Å². The zero-order valence-electron chi connectivity index (χ0n) is 17.7. The number of thioether (sulfide) groups is 1. The van der Waals surface area contributed by atoms with E-state index in [1.54, 1.807) is 25.1 Å². The van der Waals surface area contributed by atoms with Gasteiger partial charge in [-0.2, -0.15) is 0 Å². The van der Waals surface area contributed by atoms with Gasteiger partial charge >= 0.3 is 0 Å². The zero-order chi connectivity index (χ0) is 22.2. The Morgan fingerprint density at radius 3 is 2.35 bits per heavy atom. The molecular weight excluding hydrogens is 414 g/mol. The number of amides is 3. The highest BCUT2D eigenvalue weighted by atomic mass is 32.2. The van der Waals surface area contributed by atoms with Crippen LogP contribution in [0.15, 0.2) is 59.5 Å². The molecule has 8 heteroatoms. The molecule has 164 valence electrons. The number of carbonyl (C=O) groups is 3. The lowest BCUT2D eigenvalue weighted by molar-refractivity contribution is -0.136. The summed E-state index contributed by atoms with van der Waals surface area (Å²) in [5, 5.41) is 2.85. The molecule has 1 aliphatic rings. The first kappa shape index (κ1) is 22.7. The van der Waals surface area contributed by atoms with Gasteiger partial charge in [0, 0.05) is 38.0 Å². The first-order chi connectivity index (χ1) is 14.9. The summed E-state index contributed by atoms with van der Waals surface area (Å²) in [4.78, 5) is 41.2. The fourth-order valence-corrected chi connectivity index (χ4v) is 3.97. The molecule has 3 rings (SSSR count). The third-order valence-electron chi connectivity index (χ3n) is 5.03. The van der Waals surface area contributed by atoms with Crippen molar-refractivity contribution in [2.24, 2.45) is 5.92 Å². The maximum Gasteiger partial charge on any atom is 0.286 e. The first-order valence-electron chi connectivity index (χ1n) is 10.2. The highest BCUT2D eigenvalue weighted by Crippen LogP contribution is 2.29. The molecule has 0 aromatic heterocycles. The van der Waals surface area contributed by atoms with E-state index >= 15 is 0 Å². The van der Waals surface area contributed by atoms with E-state index in [9.17, 15) is 14.4 Å². The molecule has 2 aromatic carbocycles. The number of likely N-dealkylation sites (tertiary alicyclic amines) is 1. The molecule has 31 heavy (non-hydrogen) atoms. The molecular formula is C23H27N3O4S. The van der Waals surface area contributed by atoms with Gasteiger partial charge in [0.2, 0.25) is 5.91 Å². The van der Waals surface area contributed by atoms with E-state index in [0.717, 1.165) is 11.8 Å². The molecule has 1 saturated heterocycles. The first-order valence-corrected chi connectivity index (χ1v) is 11.0. The predicted molar refractivity (Wildman–Crippen MR) is 121 cm³/mol. The topological polar surface area (TPSA) is 79.0 Å². The van der Waals surface area contributed by atoms with E-state index in [4.69, 9.17) is 4.74 Å². The van der Waals surface area contributed by atoms with Crippen molar-refractivity contribution in [3.63, 3.8) is 0 Å². The van der Waals surface area contributed by atoms with E-state index in [0.29, 0.717) is 42.3 Å². The Bertz CT molecular complexity index is 912. The average molecular weight is 442 g/mol. The van der Waals surface area contributed by atoms with E-state index in [1.807, 2.05) is 48.5 Å². The van der Waals surface area contributed by atoms with Crippen molar-refractivity contribution >= 4 is 34.5 Å². The van der Waals surface area contributed by atoms with Crippen LogP contribution in [0.2, 0.25) is 0 Å². The second kappa shape index (κ2) is 10.9. The Morgan fingerprint density at radius 1 is 1.03 bits per heavy atom. The lowest BCUT2D eigenvalue weighted by Crippen LogP contribution is -2.43. The standard InChI is InChI=1S/C23H27N3O4S/c1-25(2)23(29)31-20-11-7-6-10-19(20)24-22(28)17-12-14-26(15-13-17)21(27)16-30-18-8-4-3-5-9-18/h3-11,17H,12-16H2,1-2H3,(H,24,28). The normalized spacial score (nSPS) is 14.1. The lowest BCUT2D eigenvalue weighted by Gasteiger charge is -2.31. The summed E-state index contributed by atoms with van der Waals surface area (Å²) in [7, 11) is 3.38.